The first-order valence-electron chi connectivity index (χ1n) is 12.3. The Morgan fingerprint density at radius 1 is 0.846 bits per heavy atom. The van der Waals surface area contributed by atoms with Gasteiger partial charge in [0.2, 0.25) is 5.69 Å². The van der Waals surface area contributed by atoms with Gasteiger partial charge in [-0.3, -0.25) is 4.55 Å². The average Bonchev–Trinajstić information content (AvgIpc) is 3.15. The van der Waals surface area contributed by atoms with Gasteiger partial charge in [-0.2, -0.15) is 13.0 Å². The predicted octanol–water partition coefficient (Wildman–Crippen LogP) is 4.82. The van der Waals surface area contributed by atoms with Crippen molar-refractivity contribution in [2.45, 2.75) is 48.3 Å². The van der Waals surface area contributed by atoms with E-state index in [1.165, 1.54) is 24.3 Å². The summed E-state index contributed by atoms with van der Waals surface area (Å²) in [4.78, 5) is 1.65. The number of likely N-dealkylation sites (N-methyl/N-ethyl adjacent to an activating group) is 1. The number of fused-ring (bicyclic) bond motifs is 2. The van der Waals surface area contributed by atoms with Crippen LogP contribution in [0.4, 0.5) is 11.4 Å². The summed E-state index contributed by atoms with van der Waals surface area (Å²) in [6.45, 7) is 7.99. The van der Waals surface area contributed by atoms with E-state index in [-0.39, 0.29) is 9.79 Å². The van der Waals surface area contributed by atoms with Crippen LogP contribution in [0.25, 0.3) is 0 Å². The van der Waals surface area contributed by atoms with Crippen molar-refractivity contribution in [1.82, 2.24) is 0 Å². The fraction of sp³-hybridized carbons (Fsp3) is 0.276. The maximum atomic E-state index is 11.6. The maximum Gasteiger partial charge on any atom is 0.294 e. The summed E-state index contributed by atoms with van der Waals surface area (Å²) in [5, 5.41) is 0. The van der Waals surface area contributed by atoms with E-state index in [0.29, 0.717) is 0 Å². The first kappa shape index (κ1) is 28.7. The van der Waals surface area contributed by atoms with Crippen molar-refractivity contribution in [2.24, 2.45) is 0 Å². The molecule has 0 spiro atoms. The Bertz CT molecular complexity index is 1720. The van der Waals surface area contributed by atoms with Crippen molar-refractivity contribution in [2.75, 3.05) is 19.0 Å². The molecule has 0 amide bonds. The molecular formula is C29H32N2O6S2. The molecule has 2 aromatic carbocycles. The molecule has 2 aromatic rings. The lowest BCUT2D eigenvalue weighted by Gasteiger charge is -2.23. The summed E-state index contributed by atoms with van der Waals surface area (Å²) < 4.78 is 69.2. The number of nitrogens with zero attached hydrogens (tertiary/aromatic N) is 2. The Hall–Kier alpha value is -3.31. The van der Waals surface area contributed by atoms with Gasteiger partial charge in [0.05, 0.1) is 15.2 Å². The largest absolute Gasteiger partial charge is 0.744 e. The molecule has 4 rings (SSSR count). The Labute approximate surface area is 230 Å². The highest BCUT2D eigenvalue weighted by molar-refractivity contribution is 7.86. The van der Waals surface area contributed by atoms with Gasteiger partial charge in [-0.25, -0.2) is 8.42 Å². The summed E-state index contributed by atoms with van der Waals surface area (Å²) in [7, 11) is -5.00. The van der Waals surface area contributed by atoms with Crippen LogP contribution in [-0.4, -0.2) is 50.3 Å². The normalized spacial score (nSPS) is 19.7. The van der Waals surface area contributed by atoms with E-state index >= 15 is 0 Å². The van der Waals surface area contributed by atoms with Crippen molar-refractivity contribution in [3.8, 4) is 0 Å². The van der Waals surface area contributed by atoms with E-state index < -0.39 is 31.1 Å². The fourth-order valence-electron chi connectivity index (χ4n) is 5.43. The van der Waals surface area contributed by atoms with Gasteiger partial charge in [-0.05, 0) is 55.8 Å². The number of benzene rings is 2. The molecule has 39 heavy (non-hydrogen) atoms. The van der Waals surface area contributed by atoms with Gasteiger partial charge in [0.25, 0.3) is 10.1 Å². The van der Waals surface area contributed by atoms with Crippen LogP contribution < -0.4 is 4.90 Å². The maximum absolute atomic E-state index is 11.6. The van der Waals surface area contributed by atoms with Gasteiger partial charge >= 0.3 is 0 Å². The first-order valence-corrected chi connectivity index (χ1v) is 15.1. The predicted molar refractivity (Wildman–Crippen MR) is 151 cm³/mol. The minimum atomic E-state index is -4.54. The van der Waals surface area contributed by atoms with E-state index in [4.69, 9.17) is 0 Å². The zero-order valence-electron chi connectivity index (χ0n) is 22.7. The third-order valence-corrected chi connectivity index (χ3v) is 9.23. The highest BCUT2D eigenvalue weighted by Gasteiger charge is 2.43. The molecule has 2 heterocycles. The van der Waals surface area contributed by atoms with Crippen molar-refractivity contribution in [1.29, 1.82) is 0 Å². The van der Waals surface area contributed by atoms with Gasteiger partial charge in [-0.15, -0.1) is 0 Å². The second kappa shape index (κ2) is 9.71. The number of rotatable bonds is 6. The van der Waals surface area contributed by atoms with E-state index in [1.54, 1.807) is 12.1 Å². The molecule has 206 valence electrons. The summed E-state index contributed by atoms with van der Waals surface area (Å²) >= 11 is 0. The minimum absolute atomic E-state index is 0.123. The van der Waals surface area contributed by atoms with Crippen LogP contribution in [0.2, 0.25) is 0 Å². The van der Waals surface area contributed by atoms with E-state index in [1.807, 2.05) is 93.8 Å². The number of hydrogen-bond acceptors (Lipinski definition) is 6. The highest BCUT2D eigenvalue weighted by atomic mass is 32.2. The molecule has 10 heteroatoms. The molecule has 0 aromatic heterocycles. The molecule has 0 bridgehead atoms. The van der Waals surface area contributed by atoms with Crippen molar-refractivity contribution in [3.05, 3.63) is 95.8 Å². The third-order valence-electron chi connectivity index (χ3n) is 7.55. The smallest absolute Gasteiger partial charge is 0.294 e. The summed E-state index contributed by atoms with van der Waals surface area (Å²) in [6, 6.07) is 9.09. The second-order valence-electron chi connectivity index (χ2n) is 10.7. The zero-order valence-corrected chi connectivity index (χ0v) is 24.3. The topological polar surface area (TPSA) is 118 Å². The molecule has 0 saturated heterocycles. The molecule has 0 unspecified atom stereocenters. The van der Waals surface area contributed by atoms with E-state index in [2.05, 4.69) is 0 Å². The Morgan fingerprint density at radius 3 is 2.08 bits per heavy atom. The molecule has 2 aliphatic rings. The van der Waals surface area contributed by atoms with Gasteiger partial charge in [0, 0.05) is 41.6 Å². The van der Waals surface area contributed by atoms with Gasteiger partial charge in [0.15, 0.2) is 5.71 Å². The summed E-state index contributed by atoms with van der Waals surface area (Å²) in [6.07, 6.45) is 13.4. The Kier molecular flexibility index (Phi) is 7.14. The molecule has 0 atom stereocenters. The van der Waals surface area contributed by atoms with E-state index in [9.17, 15) is 25.9 Å². The van der Waals surface area contributed by atoms with Crippen molar-refractivity contribution < 1.29 is 30.5 Å². The Morgan fingerprint density at radius 2 is 1.44 bits per heavy atom. The van der Waals surface area contributed by atoms with Crippen molar-refractivity contribution >= 4 is 37.3 Å². The lowest BCUT2D eigenvalue weighted by molar-refractivity contribution is -0.401. The van der Waals surface area contributed by atoms with Crippen LogP contribution in [-0.2, 0) is 31.1 Å². The monoisotopic (exact) mass is 568 g/mol. The molecule has 0 aliphatic carbocycles. The minimum Gasteiger partial charge on any atom is -0.744 e. The average molecular weight is 569 g/mol. The number of allylic oxidation sites excluding steroid dienone is 8. The molecule has 1 N–H and O–H groups in total. The molecule has 0 fully saturated rings. The van der Waals surface area contributed by atoms with Gasteiger partial charge in [0.1, 0.15) is 17.2 Å². The van der Waals surface area contributed by atoms with Crippen LogP contribution >= 0.6 is 0 Å². The van der Waals surface area contributed by atoms with Gasteiger partial charge < -0.3 is 9.45 Å². The standard InChI is InChI=1S/C29H32N2O6S2/c1-28(2)22-18-20(38(32,33)34)14-16-24(22)30(5)26(28)12-10-8-7-9-11-13-27-29(3,4)23-19-21(39(35,36)37)15-17-25(23)31(27)6/h7-19H,1-6H3,(H-,32,33,34,35,36,37). The molecule has 8 nitrogen and oxygen atoms in total. The van der Waals surface area contributed by atoms with Crippen LogP contribution in [0.1, 0.15) is 38.8 Å². The van der Waals surface area contributed by atoms with E-state index in [0.717, 1.165) is 33.9 Å². The third kappa shape index (κ3) is 5.17. The molecule has 0 radical (unpaired) electrons. The first-order chi connectivity index (χ1) is 18.0. The van der Waals surface area contributed by atoms with Crippen LogP contribution in [0.3, 0.4) is 0 Å². The van der Waals surface area contributed by atoms with Crippen molar-refractivity contribution in [3.63, 3.8) is 0 Å². The quantitative estimate of drug-likeness (QED) is 0.301. The SMILES string of the molecule is CN1/C(=C/C=C/C=C/C=C/C2=[N+](C)c3ccc(S(=O)(=O)[O-])cc3C2(C)C)C(C)(C)c2cc(S(=O)(=O)O)ccc21. The fourth-order valence-corrected chi connectivity index (χ4v) is 6.44. The lowest BCUT2D eigenvalue weighted by atomic mass is 9.81. The Balaban J connectivity index is 1.50. The van der Waals surface area contributed by atoms with Gasteiger partial charge in [-0.1, -0.05) is 44.2 Å². The number of anilines is 1. The van der Waals surface area contributed by atoms with Crippen LogP contribution in [0.15, 0.2) is 94.4 Å². The number of hydrogen-bond donors (Lipinski definition) is 1. The molecule has 0 saturated carbocycles. The van der Waals surface area contributed by atoms with Crippen LogP contribution in [0.5, 0.6) is 0 Å². The molecule has 2 aliphatic heterocycles. The second-order valence-corrected chi connectivity index (χ2v) is 13.5. The molecular weight excluding hydrogens is 536 g/mol. The highest BCUT2D eigenvalue weighted by Crippen LogP contribution is 2.47. The zero-order chi connectivity index (χ0) is 29.0. The summed E-state index contributed by atoms with van der Waals surface area (Å²) in [5.41, 5.74) is 4.33. The van der Waals surface area contributed by atoms with Crippen LogP contribution in [0, 0.1) is 0 Å². The lowest BCUT2D eigenvalue weighted by Crippen LogP contribution is -2.26. The summed E-state index contributed by atoms with van der Waals surface area (Å²) in [5.74, 6) is 0.